The summed E-state index contributed by atoms with van der Waals surface area (Å²) < 4.78 is 0. The molecule has 7 heteroatoms. The molecule has 0 amide bonds. The Bertz CT molecular complexity index is 443. The van der Waals surface area contributed by atoms with E-state index in [0.717, 1.165) is 22.8 Å². The number of piperidine rings is 1. The first kappa shape index (κ1) is 12.0. The molecular weight excluding hydrogens is 264 g/mol. The first-order chi connectivity index (χ1) is 7.33. The highest BCUT2D eigenvalue weighted by atomic mass is 35.5. The third-order valence-corrected chi connectivity index (χ3v) is 4.72. The van der Waals surface area contributed by atoms with Gasteiger partial charge in [-0.15, -0.1) is 12.4 Å². The van der Waals surface area contributed by atoms with Crippen molar-refractivity contribution in [3.05, 3.63) is 5.01 Å². The van der Waals surface area contributed by atoms with Gasteiger partial charge in [-0.25, -0.2) is 9.97 Å². The van der Waals surface area contributed by atoms with Crippen LogP contribution in [-0.4, -0.2) is 23.1 Å². The van der Waals surface area contributed by atoms with Crippen LogP contribution in [-0.2, 0) is 0 Å². The predicted molar refractivity (Wildman–Crippen MR) is 71.8 cm³/mol. The molecule has 0 spiro atoms. The number of aromatic nitrogens is 2. The van der Waals surface area contributed by atoms with Gasteiger partial charge in [0.25, 0.3) is 0 Å². The summed E-state index contributed by atoms with van der Waals surface area (Å²) in [7, 11) is 0. The van der Waals surface area contributed by atoms with Gasteiger partial charge in [-0.05, 0) is 25.9 Å². The van der Waals surface area contributed by atoms with Crippen molar-refractivity contribution in [2.45, 2.75) is 18.8 Å². The Morgan fingerprint density at radius 3 is 2.50 bits per heavy atom. The summed E-state index contributed by atoms with van der Waals surface area (Å²) in [6.07, 6.45) is 2.38. The van der Waals surface area contributed by atoms with Crippen LogP contribution in [0.4, 0.5) is 5.13 Å². The molecule has 0 atom stereocenters. The van der Waals surface area contributed by atoms with Gasteiger partial charge in [0.15, 0.2) is 14.8 Å². The average Bonchev–Trinajstić information content (AvgIpc) is 2.76. The highest BCUT2D eigenvalue weighted by molar-refractivity contribution is 7.28. The Balaban J connectivity index is 0.000000963. The Morgan fingerprint density at radius 1 is 1.12 bits per heavy atom. The molecule has 3 N–H and O–H groups in total. The maximum atomic E-state index is 5.63. The second-order valence-corrected chi connectivity index (χ2v) is 5.76. The molecule has 1 fully saturated rings. The van der Waals surface area contributed by atoms with E-state index in [9.17, 15) is 0 Å². The molecule has 3 heterocycles. The number of nitrogens with two attached hydrogens (primary N) is 1. The Kier molecular flexibility index (Phi) is 3.63. The molecular formula is C9H13ClN4S2. The monoisotopic (exact) mass is 276 g/mol. The summed E-state index contributed by atoms with van der Waals surface area (Å²) in [6, 6.07) is 0. The summed E-state index contributed by atoms with van der Waals surface area (Å²) in [5.41, 5.74) is 5.63. The maximum Gasteiger partial charge on any atom is 0.183 e. The number of halogens is 1. The maximum absolute atomic E-state index is 5.63. The Morgan fingerprint density at radius 2 is 1.81 bits per heavy atom. The lowest BCUT2D eigenvalue weighted by Crippen LogP contribution is -2.26. The van der Waals surface area contributed by atoms with E-state index in [0.29, 0.717) is 11.0 Å². The molecule has 0 unspecified atom stereocenters. The molecule has 16 heavy (non-hydrogen) atoms. The number of nitrogen functional groups attached to an aromatic ring is 1. The normalized spacial score (nSPS) is 17.5. The van der Waals surface area contributed by atoms with Crippen molar-refractivity contribution in [3.63, 3.8) is 0 Å². The molecule has 88 valence electrons. The highest BCUT2D eigenvalue weighted by Crippen LogP contribution is 2.34. The Hall–Kier alpha value is -0.430. The Labute approximate surface area is 108 Å². The molecule has 1 aliphatic rings. The molecule has 0 bridgehead atoms. The molecule has 0 aliphatic carbocycles. The van der Waals surface area contributed by atoms with Gasteiger partial charge in [-0.2, -0.15) is 0 Å². The number of nitrogens with zero attached hydrogens (tertiary/aromatic N) is 2. The van der Waals surface area contributed by atoms with Crippen LogP contribution in [0.5, 0.6) is 0 Å². The first-order valence-electron chi connectivity index (χ1n) is 5.06. The van der Waals surface area contributed by atoms with Gasteiger partial charge in [0.2, 0.25) is 0 Å². The third kappa shape index (κ3) is 2.15. The lowest BCUT2D eigenvalue weighted by Gasteiger charge is -2.20. The number of nitrogens with one attached hydrogen (secondary N) is 1. The molecule has 2 aromatic rings. The summed E-state index contributed by atoms with van der Waals surface area (Å²) in [5.74, 6) is 0.624. The summed E-state index contributed by atoms with van der Waals surface area (Å²) in [5, 5.41) is 5.23. The van der Waals surface area contributed by atoms with Crippen LogP contribution in [0.25, 0.3) is 9.66 Å². The molecule has 1 aliphatic heterocycles. The van der Waals surface area contributed by atoms with Crippen LogP contribution in [0, 0.1) is 0 Å². The molecule has 0 aromatic carbocycles. The highest BCUT2D eigenvalue weighted by Gasteiger charge is 2.20. The SMILES string of the molecule is Cl.Nc1nc2sc(C3CCNCC3)nc2s1. The standard InChI is InChI=1S/C9H12N4S2.ClH/c10-9-13-8-7(15-9)12-6(14-8)5-1-3-11-4-2-5;/h5,11H,1-4H2,(H2,10,13);1H. The van der Waals surface area contributed by atoms with Crippen LogP contribution < -0.4 is 11.1 Å². The van der Waals surface area contributed by atoms with E-state index in [2.05, 4.69) is 15.3 Å². The van der Waals surface area contributed by atoms with Crippen molar-refractivity contribution >= 4 is 49.9 Å². The van der Waals surface area contributed by atoms with E-state index in [1.165, 1.54) is 29.2 Å². The van der Waals surface area contributed by atoms with Crippen molar-refractivity contribution in [2.75, 3.05) is 18.8 Å². The van der Waals surface area contributed by atoms with Gasteiger partial charge in [0, 0.05) is 5.92 Å². The van der Waals surface area contributed by atoms with E-state index in [1.807, 2.05) is 0 Å². The quantitative estimate of drug-likeness (QED) is 0.838. The number of hydrogen-bond acceptors (Lipinski definition) is 6. The number of thiazole rings is 2. The van der Waals surface area contributed by atoms with E-state index < -0.39 is 0 Å². The van der Waals surface area contributed by atoms with Crippen molar-refractivity contribution in [2.24, 2.45) is 0 Å². The van der Waals surface area contributed by atoms with E-state index >= 15 is 0 Å². The van der Waals surface area contributed by atoms with Gasteiger partial charge >= 0.3 is 0 Å². The fraction of sp³-hybridized carbons (Fsp3) is 0.556. The zero-order chi connectivity index (χ0) is 10.3. The number of fused-ring (bicyclic) bond motifs is 1. The molecule has 3 rings (SSSR count). The van der Waals surface area contributed by atoms with Crippen LogP contribution >= 0.6 is 35.1 Å². The van der Waals surface area contributed by atoms with Crippen LogP contribution in [0.3, 0.4) is 0 Å². The minimum atomic E-state index is 0. The lowest BCUT2D eigenvalue weighted by molar-refractivity contribution is 0.459. The molecule has 2 aromatic heterocycles. The smallest absolute Gasteiger partial charge is 0.183 e. The minimum Gasteiger partial charge on any atom is -0.375 e. The van der Waals surface area contributed by atoms with Crippen LogP contribution in [0.15, 0.2) is 0 Å². The number of hydrogen-bond donors (Lipinski definition) is 2. The molecule has 1 saturated heterocycles. The van der Waals surface area contributed by atoms with Crippen molar-refractivity contribution in [1.82, 2.24) is 15.3 Å². The van der Waals surface area contributed by atoms with Gasteiger partial charge in [0.05, 0.1) is 5.01 Å². The molecule has 0 radical (unpaired) electrons. The predicted octanol–water partition coefficient (Wildman–Crippen LogP) is 2.22. The zero-order valence-electron chi connectivity index (χ0n) is 8.60. The minimum absolute atomic E-state index is 0. The van der Waals surface area contributed by atoms with Gasteiger partial charge in [-0.3, -0.25) is 0 Å². The number of anilines is 1. The topological polar surface area (TPSA) is 63.8 Å². The molecule has 0 saturated carbocycles. The van der Waals surface area contributed by atoms with E-state index in [4.69, 9.17) is 5.73 Å². The fourth-order valence-corrected chi connectivity index (χ4v) is 3.91. The van der Waals surface area contributed by atoms with Gasteiger partial charge in [-0.1, -0.05) is 22.7 Å². The second-order valence-electron chi connectivity index (χ2n) is 3.74. The van der Waals surface area contributed by atoms with Crippen molar-refractivity contribution in [1.29, 1.82) is 0 Å². The summed E-state index contributed by atoms with van der Waals surface area (Å²) >= 11 is 3.19. The van der Waals surface area contributed by atoms with E-state index in [1.54, 1.807) is 11.3 Å². The van der Waals surface area contributed by atoms with Gasteiger partial charge in [0.1, 0.15) is 0 Å². The lowest BCUT2D eigenvalue weighted by atomic mass is 9.99. The third-order valence-electron chi connectivity index (χ3n) is 2.70. The van der Waals surface area contributed by atoms with Crippen molar-refractivity contribution < 1.29 is 0 Å². The van der Waals surface area contributed by atoms with Gasteiger partial charge < -0.3 is 11.1 Å². The van der Waals surface area contributed by atoms with Crippen LogP contribution in [0.1, 0.15) is 23.8 Å². The number of rotatable bonds is 1. The van der Waals surface area contributed by atoms with Crippen LogP contribution in [0.2, 0.25) is 0 Å². The largest absolute Gasteiger partial charge is 0.375 e. The molecule has 4 nitrogen and oxygen atoms in total. The summed E-state index contributed by atoms with van der Waals surface area (Å²) in [6.45, 7) is 2.21. The summed E-state index contributed by atoms with van der Waals surface area (Å²) in [4.78, 5) is 10.9. The zero-order valence-corrected chi connectivity index (χ0v) is 11.1. The fourth-order valence-electron chi connectivity index (χ4n) is 1.92. The second kappa shape index (κ2) is 4.83. The van der Waals surface area contributed by atoms with E-state index in [-0.39, 0.29) is 12.4 Å². The first-order valence-corrected chi connectivity index (χ1v) is 6.69. The van der Waals surface area contributed by atoms with Crippen molar-refractivity contribution in [3.8, 4) is 0 Å². The average molecular weight is 277 g/mol.